The van der Waals surface area contributed by atoms with Crippen LogP contribution in [-0.2, 0) is 11.2 Å². The Kier molecular flexibility index (Phi) is 5.17. The van der Waals surface area contributed by atoms with Crippen molar-refractivity contribution in [1.29, 1.82) is 0 Å². The van der Waals surface area contributed by atoms with Crippen LogP contribution in [0.5, 0.6) is 0 Å². The number of aryl methyl sites for hydroxylation is 2. The zero-order valence-electron chi connectivity index (χ0n) is 12.4. The molecule has 1 atom stereocenters. The Morgan fingerprint density at radius 3 is 3.05 bits per heavy atom. The van der Waals surface area contributed by atoms with E-state index in [1.54, 1.807) is 7.11 Å². The van der Waals surface area contributed by atoms with Crippen LogP contribution in [0.15, 0.2) is 18.6 Å². The lowest BCUT2D eigenvalue weighted by Gasteiger charge is -2.16. The van der Waals surface area contributed by atoms with Crippen molar-refractivity contribution in [1.82, 2.24) is 19.7 Å². The maximum absolute atomic E-state index is 5.18. The second kappa shape index (κ2) is 7.09. The average Bonchev–Trinajstić information content (AvgIpc) is 3.04. The van der Waals surface area contributed by atoms with E-state index in [2.05, 4.69) is 38.9 Å². The molecule has 20 heavy (non-hydrogen) atoms. The van der Waals surface area contributed by atoms with Gasteiger partial charge in [-0.25, -0.2) is 4.98 Å². The van der Waals surface area contributed by atoms with Crippen molar-refractivity contribution in [2.75, 3.05) is 25.6 Å². The smallest absolute Gasteiger partial charge is 0.203 e. The molecule has 0 aliphatic heterocycles. The minimum Gasteiger partial charge on any atom is -0.383 e. The summed E-state index contributed by atoms with van der Waals surface area (Å²) < 4.78 is 7.29. The fraction of sp³-hybridized carbons (Fsp3) is 0.571. The van der Waals surface area contributed by atoms with Gasteiger partial charge in [0.05, 0.1) is 18.8 Å². The fourth-order valence-corrected chi connectivity index (χ4v) is 2.23. The fourth-order valence-electron chi connectivity index (χ4n) is 2.23. The molecule has 2 heterocycles. The zero-order chi connectivity index (χ0) is 14.4. The number of nitrogens with zero attached hydrogens (tertiary/aromatic N) is 3. The molecular weight excluding hydrogens is 254 g/mol. The Labute approximate surface area is 119 Å². The number of H-pyrrole nitrogens is 1. The van der Waals surface area contributed by atoms with Gasteiger partial charge in [-0.15, -0.1) is 0 Å². The van der Waals surface area contributed by atoms with Gasteiger partial charge < -0.3 is 14.6 Å². The van der Waals surface area contributed by atoms with Crippen molar-refractivity contribution in [3.8, 4) is 0 Å². The summed E-state index contributed by atoms with van der Waals surface area (Å²) in [6, 6.07) is 0.279. The molecule has 0 amide bonds. The van der Waals surface area contributed by atoms with E-state index in [1.807, 2.05) is 18.6 Å². The molecule has 2 N–H and O–H groups in total. The van der Waals surface area contributed by atoms with Crippen LogP contribution < -0.4 is 5.32 Å². The molecule has 0 aromatic carbocycles. The van der Waals surface area contributed by atoms with Gasteiger partial charge in [-0.2, -0.15) is 5.10 Å². The third-order valence-electron chi connectivity index (χ3n) is 3.39. The monoisotopic (exact) mass is 277 g/mol. The van der Waals surface area contributed by atoms with E-state index in [4.69, 9.17) is 4.74 Å². The molecule has 2 aromatic rings. The average molecular weight is 277 g/mol. The third-order valence-corrected chi connectivity index (χ3v) is 3.39. The van der Waals surface area contributed by atoms with Crippen LogP contribution >= 0.6 is 0 Å². The lowest BCUT2D eigenvalue weighted by molar-refractivity contribution is 0.163. The number of hydrogen-bond acceptors (Lipinski definition) is 4. The highest BCUT2D eigenvalue weighted by molar-refractivity contribution is 5.26. The van der Waals surface area contributed by atoms with Crippen LogP contribution in [0.3, 0.4) is 0 Å². The molecule has 0 fully saturated rings. The molecule has 2 aromatic heterocycles. The first-order valence-corrected chi connectivity index (χ1v) is 6.97. The van der Waals surface area contributed by atoms with Crippen LogP contribution in [0.25, 0.3) is 0 Å². The topological polar surface area (TPSA) is 67.8 Å². The van der Waals surface area contributed by atoms with E-state index in [-0.39, 0.29) is 6.04 Å². The summed E-state index contributed by atoms with van der Waals surface area (Å²) in [5, 5.41) is 10.4. The highest BCUT2D eigenvalue weighted by Crippen LogP contribution is 2.14. The molecule has 0 saturated carbocycles. The number of imidazole rings is 1. The Morgan fingerprint density at radius 2 is 2.35 bits per heavy atom. The lowest BCUT2D eigenvalue weighted by Crippen LogP contribution is -2.15. The van der Waals surface area contributed by atoms with E-state index >= 15 is 0 Å². The minimum absolute atomic E-state index is 0.279. The SMILES string of the molecule is COCC(C)n1ccnc1NCCCc1cn[nH]c1C. The van der Waals surface area contributed by atoms with E-state index in [0.717, 1.165) is 31.0 Å². The first-order chi connectivity index (χ1) is 9.72. The quantitative estimate of drug-likeness (QED) is 0.726. The number of rotatable bonds is 8. The van der Waals surface area contributed by atoms with Crippen molar-refractivity contribution in [2.45, 2.75) is 32.7 Å². The molecule has 0 spiro atoms. The number of hydrogen-bond donors (Lipinski definition) is 2. The number of nitrogens with one attached hydrogen (secondary N) is 2. The molecule has 0 aliphatic carbocycles. The van der Waals surface area contributed by atoms with E-state index < -0.39 is 0 Å². The molecule has 1 unspecified atom stereocenters. The van der Waals surface area contributed by atoms with Crippen LogP contribution in [0.1, 0.15) is 30.6 Å². The molecule has 6 heteroatoms. The van der Waals surface area contributed by atoms with Crippen molar-refractivity contribution < 1.29 is 4.74 Å². The first kappa shape index (κ1) is 14.6. The van der Waals surface area contributed by atoms with Gasteiger partial charge in [0, 0.05) is 31.7 Å². The summed E-state index contributed by atoms with van der Waals surface area (Å²) in [7, 11) is 1.72. The Hall–Kier alpha value is -1.82. The predicted molar refractivity (Wildman–Crippen MR) is 78.9 cm³/mol. The zero-order valence-corrected chi connectivity index (χ0v) is 12.4. The second-order valence-corrected chi connectivity index (χ2v) is 5.01. The lowest BCUT2D eigenvalue weighted by atomic mass is 10.1. The normalized spacial score (nSPS) is 12.6. The summed E-state index contributed by atoms with van der Waals surface area (Å²) >= 11 is 0. The molecule has 2 rings (SSSR count). The summed E-state index contributed by atoms with van der Waals surface area (Å²) in [5.74, 6) is 0.901. The second-order valence-electron chi connectivity index (χ2n) is 5.01. The molecule has 0 bridgehead atoms. The maximum atomic E-state index is 5.18. The van der Waals surface area contributed by atoms with Gasteiger partial charge in [0.1, 0.15) is 0 Å². The summed E-state index contributed by atoms with van der Waals surface area (Å²) in [4.78, 5) is 4.35. The molecular formula is C14H23N5O. The first-order valence-electron chi connectivity index (χ1n) is 6.97. The van der Waals surface area contributed by atoms with Crippen molar-refractivity contribution in [2.24, 2.45) is 0 Å². The van der Waals surface area contributed by atoms with Crippen LogP contribution in [0.2, 0.25) is 0 Å². The molecule has 0 radical (unpaired) electrons. The Bertz CT molecular complexity index is 519. The minimum atomic E-state index is 0.279. The number of aromatic nitrogens is 4. The van der Waals surface area contributed by atoms with Crippen LogP contribution in [-0.4, -0.2) is 40.0 Å². The van der Waals surface area contributed by atoms with Gasteiger partial charge in [-0.3, -0.25) is 5.10 Å². The van der Waals surface area contributed by atoms with Crippen molar-refractivity contribution in [3.05, 3.63) is 29.8 Å². The molecule has 0 saturated heterocycles. The van der Waals surface area contributed by atoms with Gasteiger partial charge in [-0.05, 0) is 32.3 Å². The van der Waals surface area contributed by atoms with Crippen molar-refractivity contribution in [3.63, 3.8) is 0 Å². The highest BCUT2D eigenvalue weighted by Gasteiger charge is 2.09. The molecule has 110 valence electrons. The predicted octanol–water partition coefficient (Wildman–Crippen LogP) is 2.17. The van der Waals surface area contributed by atoms with E-state index in [9.17, 15) is 0 Å². The molecule has 6 nitrogen and oxygen atoms in total. The number of anilines is 1. The van der Waals surface area contributed by atoms with Gasteiger partial charge in [0.25, 0.3) is 0 Å². The number of aromatic amines is 1. The third kappa shape index (κ3) is 3.60. The highest BCUT2D eigenvalue weighted by atomic mass is 16.5. The molecule has 0 aliphatic rings. The van der Waals surface area contributed by atoms with E-state index in [0.29, 0.717) is 6.61 Å². The maximum Gasteiger partial charge on any atom is 0.203 e. The Morgan fingerprint density at radius 1 is 1.50 bits per heavy atom. The number of methoxy groups -OCH3 is 1. The van der Waals surface area contributed by atoms with E-state index in [1.165, 1.54) is 5.56 Å². The van der Waals surface area contributed by atoms with Gasteiger partial charge in [0.15, 0.2) is 0 Å². The summed E-state index contributed by atoms with van der Waals surface area (Å²) in [5.41, 5.74) is 2.43. The van der Waals surface area contributed by atoms with Gasteiger partial charge >= 0.3 is 0 Å². The summed E-state index contributed by atoms with van der Waals surface area (Å²) in [6.07, 6.45) is 7.76. The van der Waals surface area contributed by atoms with Crippen LogP contribution in [0.4, 0.5) is 5.95 Å². The largest absolute Gasteiger partial charge is 0.383 e. The standard InChI is InChI=1S/C14H23N5O/c1-11(10-20-3)19-8-7-16-14(19)15-6-4-5-13-9-17-18-12(13)2/h7-9,11H,4-6,10H2,1-3H3,(H,15,16)(H,17,18). The summed E-state index contributed by atoms with van der Waals surface area (Å²) in [6.45, 7) is 5.74. The van der Waals surface area contributed by atoms with Crippen LogP contribution in [0, 0.1) is 6.92 Å². The van der Waals surface area contributed by atoms with Gasteiger partial charge in [-0.1, -0.05) is 0 Å². The Balaban J connectivity index is 1.80. The number of ether oxygens (including phenoxy) is 1. The van der Waals surface area contributed by atoms with Crippen molar-refractivity contribution >= 4 is 5.95 Å². The van der Waals surface area contributed by atoms with Gasteiger partial charge in [0.2, 0.25) is 5.95 Å².